The molecule has 0 atom stereocenters. The van der Waals surface area contributed by atoms with Crippen LogP contribution >= 0.6 is 0 Å². The van der Waals surface area contributed by atoms with E-state index in [4.69, 9.17) is 9.47 Å². The van der Waals surface area contributed by atoms with Crippen LogP contribution in [0.15, 0.2) is 18.2 Å². The predicted molar refractivity (Wildman–Crippen MR) is 66.0 cm³/mol. The predicted octanol–water partition coefficient (Wildman–Crippen LogP) is 2.96. The van der Waals surface area contributed by atoms with Crippen LogP contribution < -0.4 is 0 Å². The molecule has 0 heterocycles. The van der Waals surface area contributed by atoms with Crippen molar-refractivity contribution in [1.29, 1.82) is 0 Å². The minimum atomic E-state index is -0.505. The van der Waals surface area contributed by atoms with E-state index < -0.39 is 11.4 Å². The van der Waals surface area contributed by atoms with Gasteiger partial charge in [-0.25, -0.2) is 4.39 Å². The maximum Gasteiger partial charge on any atom is 0.127 e. The van der Waals surface area contributed by atoms with Crippen molar-refractivity contribution in [2.75, 3.05) is 14.2 Å². The molecule has 0 aromatic heterocycles. The zero-order valence-electron chi connectivity index (χ0n) is 10.8. The number of halogens is 1. The van der Waals surface area contributed by atoms with Crippen LogP contribution in [0.2, 0.25) is 0 Å². The van der Waals surface area contributed by atoms with Gasteiger partial charge in [-0.3, -0.25) is 0 Å². The first kappa shape index (κ1) is 13.3. The molecule has 1 aromatic carbocycles. The zero-order valence-corrected chi connectivity index (χ0v) is 10.8. The van der Waals surface area contributed by atoms with Gasteiger partial charge in [0.25, 0.3) is 0 Å². The number of methoxy groups -OCH3 is 2. The van der Waals surface area contributed by atoms with Crippen LogP contribution in [0.1, 0.15) is 31.2 Å². The second-order valence-electron chi connectivity index (χ2n) is 4.83. The minimum Gasteiger partial charge on any atom is -0.508 e. The maximum absolute atomic E-state index is 13.4. The average molecular weight is 254 g/mol. The molecule has 4 heteroatoms. The summed E-state index contributed by atoms with van der Waals surface area (Å²) in [5.74, 6) is -0.495. The van der Waals surface area contributed by atoms with Gasteiger partial charge in [0.15, 0.2) is 0 Å². The van der Waals surface area contributed by atoms with Crippen molar-refractivity contribution in [3.63, 3.8) is 0 Å². The molecule has 1 aromatic rings. The van der Waals surface area contributed by atoms with Crippen LogP contribution in [0.5, 0.6) is 5.75 Å². The van der Waals surface area contributed by atoms with Gasteiger partial charge in [-0.2, -0.15) is 0 Å². The Kier molecular flexibility index (Phi) is 3.88. The Morgan fingerprint density at radius 2 is 1.89 bits per heavy atom. The van der Waals surface area contributed by atoms with Crippen molar-refractivity contribution in [1.82, 2.24) is 0 Å². The number of benzene rings is 1. The topological polar surface area (TPSA) is 38.7 Å². The fraction of sp³-hybridized carbons (Fsp3) is 0.571. The van der Waals surface area contributed by atoms with Crippen molar-refractivity contribution in [2.24, 2.45) is 0 Å². The van der Waals surface area contributed by atoms with Gasteiger partial charge in [-0.1, -0.05) is 0 Å². The zero-order chi connectivity index (χ0) is 13.2. The number of phenols is 1. The molecule has 3 nitrogen and oxygen atoms in total. The highest BCUT2D eigenvalue weighted by Gasteiger charge is 2.37. The molecule has 1 saturated carbocycles. The number of rotatable bonds is 3. The van der Waals surface area contributed by atoms with Crippen LogP contribution in [-0.2, 0) is 15.1 Å². The van der Waals surface area contributed by atoms with Crippen molar-refractivity contribution < 1.29 is 19.0 Å². The number of ether oxygens (including phenoxy) is 2. The first-order valence-corrected chi connectivity index (χ1v) is 6.17. The summed E-state index contributed by atoms with van der Waals surface area (Å²) in [6, 6.07) is 4.13. The van der Waals surface area contributed by atoms with Crippen molar-refractivity contribution >= 4 is 0 Å². The van der Waals surface area contributed by atoms with Crippen molar-refractivity contribution in [2.45, 2.75) is 37.4 Å². The summed E-state index contributed by atoms with van der Waals surface area (Å²) in [6.07, 6.45) is 3.54. The van der Waals surface area contributed by atoms with Crippen LogP contribution in [0.25, 0.3) is 0 Å². The Morgan fingerprint density at radius 3 is 2.39 bits per heavy atom. The Hall–Kier alpha value is -1.13. The van der Waals surface area contributed by atoms with E-state index in [1.165, 1.54) is 6.07 Å². The third kappa shape index (κ3) is 2.49. The normalized spacial score (nSPS) is 28.3. The third-order valence-corrected chi connectivity index (χ3v) is 3.87. The summed E-state index contributed by atoms with van der Waals surface area (Å²) in [4.78, 5) is 0. The van der Waals surface area contributed by atoms with Gasteiger partial charge in [-0.15, -0.1) is 0 Å². The van der Waals surface area contributed by atoms with Crippen LogP contribution in [-0.4, -0.2) is 25.4 Å². The lowest BCUT2D eigenvalue weighted by Gasteiger charge is -2.39. The summed E-state index contributed by atoms with van der Waals surface area (Å²) in [7, 11) is 3.34. The second-order valence-corrected chi connectivity index (χ2v) is 4.83. The maximum atomic E-state index is 13.4. The van der Waals surface area contributed by atoms with E-state index in [9.17, 15) is 9.50 Å². The summed E-state index contributed by atoms with van der Waals surface area (Å²) < 4.78 is 24.4. The largest absolute Gasteiger partial charge is 0.508 e. The van der Waals surface area contributed by atoms with E-state index in [1.807, 2.05) is 0 Å². The molecule has 0 saturated heterocycles. The van der Waals surface area contributed by atoms with Gasteiger partial charge < -0.3 is 14.6 Å². The summed E-state index contributed by atoms with van der Waals surface area (Å²) >= 11 is 0. The Labute approximate surface area is 107 Å². The van der Waals surface area contributed by atoms with Gasteiger partial charge in [0, 0.05) is 20.3 Å². The molecule has 2 rings (SSSR count). The van der Waals surface area contributed by atoms with Gasteiger partial charge in [0.2, 0.25) is 0 Å². The lowest BCUT2D eigenvalue weighted by atomic mass is 9.78. The molecule has 0 radical (unpaired) electrons. The van der Waals surface area contributed by atoms with Crippen LogP contribution in [0.3, 0.4) is 0 Å². The molecule has 1 aliphatic carbocycles. The lowest BCUT2D eigenvalue weighted by molar-refractivity contribution is -0.0764. The van der Waals surface area contributed by atoms with Crippen molar-refractivity contribution in [3.05, 3.63) is 29.6 Å². The van der Waals surface area contributed by atoms with E-state index >= 15 is 0 Å². The quantitative estimate of drug-likeness (QED) is 0.901. The van der Waals surface area contributed by atoms with E-state index in [-0.39, 0.29) is 11.9 Å². The van der Waals surface area contributed by atoms with Crippen LogP contribution in [0.4, 0.5) is 4.39 Å². The standard InChI is InChI=1S/C14H19FO3/c1-17-13-3-5-14(18-2,6-4-13)10-7-11(15)9-12(16)8-10/h7-9,13,16H,3-6H2,1-2H3/t13-,14+. The highest BCUT2D eigenvalue weighted by Crippen LogP contribution is 2.41. The minimum absolute atomic E-state index is 0.0599. The molecule has 1 N–H and O–H groups in total. The highest BCUT2D eigenvalue weighted by molar-refractivity contribution is 5.33. The van der Waals surface area contributed by atoms with E-state index in [2.05, 4.69) is 0 Å². The molecule has 18 heavy (non-hydrogen) atoms. The Bertz CT molecular complexity index is 391. The third-order valence-electron chi connectivity index (χ3n) is 3.87. The van der Waals surface area contributed by atoms with Gasteiger partial charge in [0.1, 0.15) is 11.6 Å². The Morgan fingerprint density at radius 1 is 1.22 bits per heavy atom. The molecule has 0 aliphatic heterocycles. The molecule has 0 bridgehead atoms. The smallest absolute Gasteiger partial charge is 0.127 e. The SMILES string of the molecule is CO[C@H]1CC[C@](OC)(c2cc(O)cc(F)c2)CC1. The monoisotopic (exact) mass is 254 g/mol. The van der Waals surface area contributed by atoms with E-state index in [1.54, 1.807) is 20.3 Å². The van der Waals surface area contributed by atoms with Gasteiger partial charge in [0.05, 0.1) is 11.7 Å². The first-order valence-electron chi connectivity index (χ1n) is 6.17. The van der Waals surface area contributed by atoms with Crippen molar-refractivity contribution in [3.8, 4) is 5.75 Å². The van der Waals surface area contributed by atoms with Gasteiger partial charge in [-0.05, 0) is 43.4 Å². The molecule has 0 amide bonds. The molecule has 1 fully saturated rings. The summed E-state index contributed by atoms with van der Waals surface area (Å²) in [5.41, 5.74) is 0.200. The highest BCUT2D eigenvalue weighted by atomic mass is 19.1. The van der Waals surface area contributed by atoms with E-state index in [0.717, 1.165) is 31.7 Å². The van der Waals surface area contributed by atoms with Gasteiger partial charge >= 0.3 is 0 Å². The molecular formula is C14H19FO3. The van der Waals surface area contributed by atoms with Crippen LogP contribution in [0, 0.1) is 5.82 Å². The average Bonchev–Trinajstić information content (AvgIpc) is 2.37. The number of phenolic OH excluding ortho intramolecular Hbond substituents is 1. The fourth-order valence-electron chi connectivity index (χ4n) is 2.74. The first-order chi connectivity index (χ1) is 8.59. The molecule has 0 unspecified atom stereocenters. The fourth-order valence-corrected chi connectivity index (χ4v) is 2.74. The molecule has 1 aliphatic rings. The Balaban J connectivity index is 2.27. The molecule has 100 valence electrons. The second kappa shape index (κ2) is 5.24. The summed E-state index contributed by atoms with van der Waals surface area (Å²) in [6.45, 7) is 0. The number of hydrogen-bond donors (Lipinski definition) is 1. The number of aromatic hydroxyl groups is 1. The van der Waals surface area contributed by atoms with E-state index in [0.29, 0.717) is 5.56 Å². The number of hydrogen-bond acceptors (Lipinski definition) is 3. The molecular weight excluding hydrogens is 235 g/mol. The summed E-state index contributed by atoms with van der Waals surface area (Å²) in [5, 5.41) is 9.51. The lowest BCUT2D eigenvalue weighted by Crippen LogP contribution is -2.36. The molecule has 0 spiro atoms.